The van der Waals surface area contributed by atoms with Gasteiger partial charge in [0.1, 0.15) is 0 Å². The lowest BCUT2D eigenvalue weighted by atomic mass is 10.1. The van der Waals surface area contributed by atoms with E-state index < -0.39 is 0 Å². The third-order valence-electron chi connectivity index (χ3n) is 4.88. The molecule has 0 aliphatic heterocycles. The minimum absolute atomic E-state index is 0. The van der Waals surface area contributed by atoms with Crippen molar-refractivity contribution >= 4 is 41.5 Å². The fraction of sp³-hybridized carbons (Fsp3) is 0.417. The highest BCUT2D eigenvalue weighted by atomic mass is 127. The maximum absolute atomic E-state index is 12.0. The minimum atomic E-state index is 0. The zero-order valence-electron chi connectivity index (χ0n) is 19.3. The van der Waals surface area contributed by atoms with E-state index in [1.54, 1.807) is 19.0 Å². The number of benzene rings is 2. The highest BCUT2D eigenvalue weighted by Gasteiger charge is 2.08. The van der Waals surface area contributed by atoms with Gasteiger partial charge >= 0.3 is 0 Å². The number of likely N-dealkylation sites (N-methyl/N-ethyl adjacent to an activating group) is 1. The molecule has 0 bridgehead atoms. The topological polar surface area (TPSA) is 60.0 Å². The fourth-order valence-electron chi connectivity index (χ4n) is 3.20. The second-order valence-corrected chi connectivity index (χ2v) is 7.38. The number of aliphatic imine (C=N–C) groups is 1. The van der Waals surface area contributed by atoms with E-state index in [0.717, 1.165) is 37.7 Å². The Morgan fingerprint density at radius 3 is 2.26 bits per heavy atom. The molecule has 2 rings (SSSR count). The summed E-state index contributed by atoms with van der Waals surface area (Å²) in [5.74, 6) is 0.806. The van der Waals surface area contributed by atoms with Crippen LogP contribution in [-0.2, 0) is 6.54 Å². The number of carbonyl (C=O) groups excluding carboxylic acids is 1. The molecule has 2 aromatic rings. The lowest BCUT2D eigenvalue weighted by Crippen LogP contribution is -2.41. The van der Waals surface area contributed by atoms with Crippen LogP contribution in [0.3, 0.4) is 0 Å². The van der Waals surface area contributed by atoms with Crippen LogP contribution < -0.4 is 15.5 Å². The van der Waals surface area contributed by atoms with Gasteiger partial charge < -0.3 is 20.4 Å². The second-order valence-electron chi connectivity index (χ2n) is 7.38. The normalized spacial score (nSPS) is 10.8. The Balaban J connectivity index is 0.00000480. The van der Waals surface area contributed by atoms with E-state index in [9.17, 15) is 4.79 Å². The molecule has 0 radical (unpaired) electrons. The van der Waals surface area contributed by atoms with Gasteiger partial charge in [-0.3, -0.25) is 4.79 Å². The molecule has 0 unspecified atom stereocenters. The van der Waals surface area contributed by atoms with Crippen LogP contribution in [0, 0.1) is 6.92 Å². The summed E-state index contributed by atoms with van der Waals surface area (Å²) in [7, 11) is 3.52. The van der Waals surface area contributed by atoms with Crippen molar-refractivity contribution < 1.29 is 4.79 Å². The molecule has 0 fully saturated rings. The summed E-state index contributed by atoms with van der Waals surface area (Å²) < 4.78 is 0. The van der Waals surface area contributed by atoms with Crippen molar-refractivity contribution in [1.29, 1.82) is 0 Å². The second kappa shape index (κ2) is 13.9. The number of hydrogen-bond donors (Lipinski definition) is 2. The molecule has 1 amide bonds. The Kier molecular flexibility index (Phi) is 12.0. The molecule has 170 valence electrons. The number of amides is 1. The first-order chi connectivity index (χ1) is 14.5. The molecule has 0 saturated carbocycles. The third kappa shape index (κ3) is 8.40. The zero-order valence-corrected chi connectivity index (χ0v) is 21.6. The molecule has 0 spiro atoms. The standard InChI is InChI=1S/C24H35N5O.HI/c1-6-25-24(26-16-17-29(7-2)22-11-9-8-10-19(22)3)27-18-20-12-14-21(15-13-20)23(30)28(4)5;/h8-15H,6-7,16-18H2,1-5H3,(H2,25,26,27);1H. The molecule has 0 saturated heterocycles. The van der Waals surface area contributed by atoms with Crippen molar-refractivity contribution in [2.75, 3.05) is 45.2 Å². The minimum Gasteiger partial charge on any atom is -0.370 e. The summed E-state index contributed by atoms with van der Waals surface area (Å²) in [5.41, 5.74) is 4.32. The van der Waals surface area contributed by atoms with Crippen molar-refractivity contribution in [1.82, 2.24) is 15.5 Å². The van der Waals surface area contributed by atoms with Crippen LogP contribution in [0.25, 0.3) is 0 Å². The average Bonchev–Trinajstić information content (AvgIpc) is 2.75. The van der Waals surface area contributed by atoms with Gasteiger partial charge in [-0.25, -0.2) is 4.99 Å². The number of rotatable bonds is 9. The molecule has 0 aromatic heterocycles. The Bertz CT molecular complexity index is 836. The molecule has 31 heavy (non-hydrogen) atoms. The van der Waals surface area contributed by atoms with Gasteiger partial charge in [0.25, 0.3) is 5.91 Å². The Hall–Kier alpha value is -2.29. The number of para-hydroxylation sites is 1. The van der Waals surface area contributed by atoms with Crippen LogP contribution in [0.4, 0.5) is 5.69 Å². The number of hydrogen-bond acceptors (Lipinski definition) is 3. The van der Waals surface area contributed by atoms with Gasteiger partial charge in [-0.15, -0.1) is 24.0 Å². The quantitative estimate of drug-likeness (QED) is 0.290. The Morgan fingerprint density at radius 2 is 1.68 bits per heavy atom. The Labute approximate surface area is 204 Å². The number of halogens is 1. The predicted molar refractivity (Wildman–Crippen MR) is 142 cm³/mol. The van der Waals surface area contributed by atoms with Gasteiger partial charge in [-0.2, -0.15) is 0 Å². The molecule has 0 atom stereocenters. The maximum Gasteiger partial charge on any atom is 0.253 e. The smallest absolute Gasteiger partial charge is 0.253 e. The number of nitrogens with one attached hydrogen (secondary N) is 2. The van der Waals surface area contributed by atoms with E-state index in [1.807, 2.05) is 24.3 Å². The summed E-state index contributed by atoms with van der Waals surface area (Å²) in [5, 5.41) is 6.73. The molecule has 0 heterocycles. The van der Waals surface area contributed by atoms with Gasteiger partial charge in [0.15, 0.2) is 5.96 Å². The molecule has 0 aliphatic rings. The van der Waals surface area contributed by atoms with Crippen LogP contribution in [0.1, 0.15) is 35.3 Å². The highest BCUT2D eigenvalue weighted by molar-refractivity contribution is 14.0. The van der Waals surface area contributed by atoms with E-state index in [-0.39, 0.29) is 29.9 Å². The summed E-state index contributed by atoms with van der Waals surface area (Å²) >= 11 is 0. The third-order valence-corrected chi connectivity index (χ3v) is 4.88. The summed E-state index contributed by atoms with van der Waals surface area (Å²) in [4.78, 5) is 20.6. The fourth-order valence-corrected chi connectivity index (χ4v) is 3.20. The zero-order chi connectivity index (χ0) is 21.9. The van der Waals surface area contributed by atoms with E-state index >= 15 is 0 Å². The van der Waals surface area contributed by atoms with E-state index in [4.69, 9.17) is 0 Å². The van der Waals surface area contributed by atoms with Crippen LogP contribution in [-0.4, -0.2) is 57.0 Å². The van der Waals surface area contributed by atoms with E-state index in [0.29, 0.717) is 12.1 Å². The number of anilines is 1. The largest absolute Gasteiger partial charge is 0.370 e. The molecular formula is C24H36IN5O. The van der Waals surface area contributed by atoms with E-state index in [1.165, 1.54) is 11.3 Å². The average molecular weight is 537 g/mol. The number of carbonyl (C=O) groups is 1. The van der Waals surface area contributed by atoms with Crippen molar-refractivity contribution in [3.05, 3.63) is 65.2 Å². The predicted octanol–water partition coefficient (Wildman–Crippen LogP) is 3.90. The van der Waals surface area contributed by atoms with Crippen LogP contribution in [0.15, 0.2) is 53.5 Å². The summed E-state index contributed by atoms with van der Waals surface area (Å²) in [6.45, 7) is 10.4. The van der Waals surface area contributed by atoms with Crippen molar-refractivity contribution in [2.45, 2.75) is 27.3 Å². The molecule has 6 nitrogen and oxygen atoms in total. The SMILES string of the molecule is CCNC(=NCc1ccc(C(=O)N(C)C)cc1)NCCN(CC)c1ccccc1C.I. The number of aryl methyl sites for hydroxylation is 1. The first kappa shape index (κ1) is 26.7. The summed E-state index contributed by atoms with van der Waals surface area (Å²) in [6, 6.07) is 16.1. The Morgan fingerprint density at radius 1 is 1.00 bits per heavy atom. The molecule has 2 aromatic carbocycles. The molecule has 0 aliphatic carbocycles. The number of nitrogens with zero attached hydrogens (tertiary/aromatic N) is 3. The van der Waals surface area contributed by atoms with Crippen molar-refractivity contribution in [2.24, 2.45) is 4.99 Å². The van der Waals surface area contributed by atoms with Crippen molar-refractivity contribution in [3.63, 3.8) is 0 Å². The first-order valence-electron chi connectivity index (χ1n) is 10.6. The van der Waals surface area contributed by atoms with Crippen LogP contribution in [0.2, 0.25) is 0 Å². The van der Waals surface area contributed by atoms with Gasteiger partial charge in [-0.1, -0.05) is 30.3 Å². The van der Waals surface area contributed by atoms with Crippen LogP contribution in [0.5, 0.6) is 0 Å². The maximum atomic E-state index is 12.0. The first-order valence-corrected chi connectivity index (χ1v) is 10.6. The summed E-state index contributed by atoms with van der Waals surface area (Å²) in [6.07, 6.45) is 0. The number of guanidine groups is 1. The molecule has 7 heteroatoms. The van der Waals surface area contributed by atoms with Gasteiger partial charge in [0, 0.05) is 51.5 Å². The van der Waals surface area contributed by atoms with E-state index in [2.05, 4.69) is 65.6 Å². The van der Waals surface area contributed by atoms with Crippen LogP contribution >= 0.6 is 24.0 Å². The monoisotopic (exact) mass is 537 g/mol. The lowest BCUT2D eigenvalue weighted by molar-refractivity contribution is 0.0827. The van der Waals surface area contributed by atoms with Gasteiger partial charge in [0.2, 0.25) is 0 Å². The molecule has 2 N–H and O–H groups in total. The van der Waals surface area contributed by atoms with Crippen molar-refractivity contribution in [3.8, 4) is 0 Å². The van der Waals surface area contributed by atoms with Gasteiger partial charge in [0.05, 0.1) is 6.54 Å². The molecular weight excluding hydrogens is 501 g/mol. The van der Waals surface area contributed by atoms with Gasteiger partial charge in [-0.05, 0) is 50.1 Å². The highest BCUT2D eigenvalue weighted by Crippen LogP contribution is 2.18. The lowest BCUT2D eigenvalue weighted by Gasteiger charge is -2.25.